The second-order valence-electron chi connectivity index (χ2n) is 6.26. The minimum Gasteiger partial charge on any atom is -0.298 e. The molecule has 2 saturated heterocycles. The fraction of sp³-hybridized carbons (Fsp3) is 0.875. The van der Waals surface area contributed by atoms with Crippen molar-refractivity contribution in [3.8, 4) is 12.3 Å². The maximum Gasteiger partial charge on any atom is 0.0246 e. The van der Waals surface area contributed by atoms with Crippen LogP contribution in [0.1, 0.15) is 46.0 Å². The Bertz CT molecular complexity index is 292. The zero-order chi connectivity index (χ0) is 13.0. The molecule has 0 aromatic rings. The van der Waals surface area contributed by atoms with E-state index in [1.165, 1.54) is 45.4 Å². The summed E-state index contributed by atoms with van der Waals surface area (Å²) in [6.07, 6.45) is 11.7. The van der Waals surface area contributed by atoms with E-state index in [0.29, 0.717) is 0 Å². The number of fused-ring (bicyclic) bond motifs is 1. The molecule has 0 aromatic heterocycles. The zero-order valence-electron chi connectivity index (χ0n) is 12.1. The lowest BCUT2D eigenvalue weighted by Gasteiger charge is -2.50. The van der Waals surface area contributed by atoms with Crippen LogP contribution in [0.4, 0.5) is 0 Å². The van der Waals surface area contributed by atoms with Crippen LogP contribution >= 0.6 is 0 Å². The third-order valence-electron chi connectivity index (χ3n) is 4.62. The Hall–Kier alpha value is -0.520. The van der Waals surface area contributed by atoms with Gasteiger partial charge in [-0.25, -0.2) is 0 Å². The fourth-order valence-electron chi connectivity index (χ4n) is 3.54. The number of terminal acetylenes is 1. The van der Waals surface area contributed by atoms with Crippen LogP contribution in [0, 0.1) is 18.3 Å². The van der Waals surface area contributed by atoms with E-state index in [1.54, 1.807) is 0 Å². The Morgan fingerprint density at radius 2 is 2.11 bits per heavy atom. The molecule has 0 spiro atoms. The third-order valence-corrected chi connectivity index (χ3v) is 4.62. The van der Waals surface area contributed by atoms with Gasteiger partial charge < -0.3 is 0 Å². The molecule has 0 bridgehead atoms. The molecule has 2 unspecified atom stereocenters. The molecular formula is C16H28N2. The second kappa shape index (κ2) is 6.59. The summed E-state index contributed by atoms with van der Waals surface area (Å²) in [7, 11) is 0. The largest absolute Gasteiger partial charge is 0.298 e. The number of rotatable bonds is 4. The summed E-state index contributed by atoms with van der Waals surface area (Å²) in [6.45, 7) is 9.79. The average molecular weight is 248 g/mol. The Balaban J connectivity index is 1.94. The Morgan fingerprint density at radius 1 is 1.28 bits per heavy atom. The second-order valence-corrected chi connectivity index (χ2v) is 6.26. The van der Waals surface area contributed by atoms with E-state index < -0.39 is 0 Å². The van der Waals surface area contributed by atoms with E-state index in [9.17, 15) is 0 Å². The lowest BCUT2D eigenvalue weighted by molar-refractivity contribution is -0.00761. The van der Waals surface area contributed by atoms with Crippen LogP contribution in [0.5, 0.6) is 0 Å². The molecule has 0 saturated carbocycles. The molecule has 2 fully saturated rings. The molecule has 2 aliphatic heterocycles. The van der Waals surface area contributed by atoms with Crippen molar-refractivity contribution in [3.63, 3.8) is 0 Å². The molecule has 0 aromatic carbocycles. The third kappa shape index (κ3) is 3.28. The highest BCUT2D eigenvalue weighted by Gasteiger charge is 2.35. The molecule has 0 N–H and O–H groups in total. The standard InChI is InChI=1S/C16H28N2/c1-4-5-7-11-18-12-15-9-6-8-10-17(15)13-16(18)14(2)3/h1,14-16H,5-13H2,2-3H3. The van der Waals surface area contributed by atoms with Crippen molar-refractivity contribution in [2.75, 3.05) is 26.2 Å². The zero-order valence-corrected chi connectivity index (χ0v) is 12.1. The van der Waals surface area contributed by atoms with Crippen LogP contribution < -0.4 is 0 Å². The van der Waals surface area contributed by atoms with Crippen molar-refractivity contribution in [1.29, 1.82) is 0 Å². The highest BCUT2D eigenvalue weighted by molar-refractivity contribution is 4.92. The number of unbranched alkanes of at least 4 members (excludes halogenated alkanes) is 1. The minimum atomic E-state index is 0.733. The van der Waals surface area contributed by atoms with Gasteiger partial charge in [0.15, 0.2) is 0 Å². The smallest absolute Gasteiger partial charge is 0.0246 e. The Labute approximate surface area is 113 Å². The number of hydrogen-bond donors (Lipinski definition) is 0. The Morgan fingerprint density at radius 3 is 2.83 bits per heavy atom. The van der Waals surface area contributed by atoms with Crippen LogP contribution in [-0.4, -0.2) is 48.1 Å². The Kier molecular flexibility index (Phi) is 5.09. The van der Waals surface area contributed by atoms with Gasteiger partial charge >= 0.3 is 0 Å². The summed E-state index contributed by atoms with van der Waals surface area (Å²) in [4.78, 5) is 5.46. The van der Waals surface area contributed by atoms with E-state index in [2.05, 4.69) is 29.6 Å². The van der Waals surface area contributed by atoms with Crippen molar-refractivity contribution in [3.05, 3.63) is 0 Å². The van der Waals surface area contributed by atoms with E-state index in [-0.39, 0.29) is 0 Å². The predicted molar refractivity (Wildman–Crippen MR) is 77.5 cm³/mol. The summed E-state index contributed by atoms with van der Waals surface area (Å²) in [6, 6.07) is 1.55. The number of piperazine rings is 1. The quantitative estimate of drug-likeness (QED) is 0.557. The van der Waals surface area contributed by atoms with Crippen LogP contribution in [0.15, 0.2) is 0 Å². The van der Waals surface area contributed by atoms with E-state index in [0.717, 1.165) is 30.8 Å². The molecule has 0 radical (unpaired) electrons. The topological polar surface area (TPSA) is 6.48 Å². The van der Waals surface area contributed by atoms with E-state index >= 15 is 0 Å². The van der Waals surface area contributed by atoms with Gasteiger partial charge in [-0.15, -0.1) is 12.3 Å². The summed E-state index contributed by atoms with van der Waals surface area (Å²) in [5, 5.41) is 0. The fourth-order valence-corrected chi connectivity index (χ4v) is 3.54. The van der Waals surface area contributed by atoms with Gasteiger partial charge in [-0.1, -0.05) is 20.3 Å². The van der Waals surface area contributed by atoms with Crippen LogP contribution in [0.2, 0.25) is 0 Å². The van der Waals surface area contributed by atoms with Gasteiger partial charge in [-0.05, 0) is 38.3 Å². The molecule has 2 heterocycles. The van der Waals surface area contributed by atoms with Crippen molar-refractivity contribution in [1.82, 2.24) is 9.80 Å². The number of piperidine rings is 1. The molecule has 2 aliphatic rings. The molecule has 2 rings (SSSR count). The molecule has 2 heteroatoms. The average Bonchev–Trinajstić information content (AvgIpc) is 2.38. The normalized spacial score (nSPS) is 30.1. The highest BCUT2D eigenvalue weighted by atomic mass is 15.3. The monoisotopic (exact) mass is 248 g/mol. The number of hydrogen-bond acceptors (Lipinski definition) is 2. The van der Waals surface area contributed by atoms with Gasteiger partial charge in [0.2, 0.25) is 0 Å². The van der Waals surface area contributed by atoms with Gasteiger partial charge in [0.25, 0.3) is 0 Å². The summed E-state index contributed by atoms with van der Waals surface area (Å²) >= 11 is 0. The lowest BCUT2D eigenvalue weighted by Crippen LogP contribution is -2.61. The van der Waals surface area contributed by atoms with Gasteiger partial charge in [-0.2, -0.15) is 0 Å². The first kappa shape index (κ1) is 13.9. The predicted octanol–water partition coefficient (Wildman–Crippen LogP) is 2.59. The van der Waals surface area contributed by atoms with Crippen LogP contribution in [0.3, 0.4) is 0 Å². The van der Waals surface area contributed by atoms with Gasteiger partial charge in [0.05, 0.1) is 0 Å². The summed E-state index contributed by atoms with van der Waals surface area (Å²) < 4.78 is 0. The first-order valence-corrected chi connectivity index (χ1v) is 7.64. The van der Waals surface area contributed by atoms with Crippen LogP contribution in [-0.2, 0) is 0 Å². The van der Waals surface area contributed by atoms with Crippen molar-refractivity contribution in [2.24, 2.45) is 5.92 Å². The molecule has 0 aliphatic carbocycles. The van der Waals surface area contributed by atoms with Gasteiger partial charge in [-0.3, -0.25) is 9.80 Å². The molecule has 102 valence electrons. The molecule has 18 heavy (non-hydrogen) atoms. The van der Waals surface area contributed by atoms with Gasteiger partial charge in [0.1, 0.15) is 0 Å². The number of nitrogens with zero attached hydrogens (tertiary/aromatic N) is 2. The first-order chi connectivity index (χ1) is 8.72. The maximum atomic E-state index is 5.37. The van der Waals surface area contributed by atoms with E-state index in [1.807, 2.05) is 0 Å². The summed E-state index contributed by atoms with van der Waals surface area (Å²) in [5.41, 5.74) is 0. The molecular weight excluding hydrogens is 220 g/mol. The van der Waals surface area contributed by atoms with Crippen molar-refractivity contribution in [2.45, 2.75) is 58.0 Å². The minimum absolute atomic E-state index is 0.733. The lowest BCUT2D eigenvalue weighted by atomic mass is 9.92. The van der Waals surface area contributed by atoms with Crippen LogP contribution in [0.25, 0.3) is 0 Å². The molecule has 0 amide bonds. The molecule has 2 atom stereocenters. The van der Waals surface area contributed by atoms with Crippen molar-refractivity contribution >= 4 is 0 Å². The first-order valence-electron chi connectivity index (χ1n) is 7.64. The van der Waals surface area contributed by atoms with E-state index in [4.69, 9.17) is 6.42 Å². The molecule has 2 nitrogen and oxygen atoms in total. The summed E-state index contributed by atoms with van der Waals surface area (Å²) in [5.74, 6) is 3.52. The maximum absolute atomic E-state index is 5.37. The van der Waals surface area contributed by atoms with Gasteiger partial charge in [0, 0.05) is 31.6 Å². The SMILES string of the molecule is C#CCCCN1CC2CCCCN2CC1C(C)C. The highest BCUT2D eigenvalue weighted by Crippen LogP contribution is 2.27. The van der Waals surface area contributed by atoms with Crippen molar-refractivity contribution < 1.29 is 0 Å².